The Morgan fingerprint density at radius 2 is 2.00 bits per heavy atom. The average molecular weight is 257 g/mol. The number of Topliss-reactive ketones (excluding diaryl/α,β-unsaturated/α-hetero) is 1. The minimum absolute atomic E-state index is 0.143. The number of carbonyl (C=O) groups excluding carboxylic acids is 1. The SMILES string of the molecule is CC(C)(C)C(=O)CCCc1ccc(F)c(Cl)c1. The van der Waals surface area contributed by atoms with Crippen LogP contribution in [0.25, 0.3) is 0 Å². The standard InChI is InChI=1S/C14H18ClFO/c1-14(2,3)13(17)6-4-5-10-7-8-12(16)11(15)9-10/h7-9H,4-6H2,1-3H3. The van der Waals surface area contributed by atoms with E-state index in [4.69, 9.17) is 11.6 Å². The van der Waals surface area contributed by atoms with E-state index in [1.807, 2.05) is 20.8 Å². The van der Waals surface area contributed by atoms with Gasteiger partial charge in [-0.2, -0.15) is 0 Å². The summed E-state index contributed by atoms with van der Waals surface area (Å²) >= 11 is 5.69. The molecule has 0 aliphatic carbocycles. The van der Waals surface area contributed by atoms with Crippen molar-refractivity contribution in [3.8, 4) is 0 Å². The molecule has 0 unspecified atom stereocenters. The maximum Gasteiger partial charge on any atom is 0.141 e. The molecular formula is C14H18ClFO. The monoisotopic (exact) mass is 256 g/mol. The van der Waals surface area contributed by atoms with E-state index >= 15 is 0 Å². The lowest BCUT2D eigenvalue weighted by Gasteiger charge is -2.16. The van der Waals surface area contributed by atoms with Gasteiger partial charge in [0.1, 0.15) is 11.6 Å². The first-order valence-electron chi connectivity index (χ1n) is 5.78. The van der Waals surface area contributed by atoms with Gasteiger partial charge in [-0.15, -0.1) is 0 Å². The van der Waals surface area contributed by atoms with Gasteiger partial charge in [-0.25, -0.2) is 4.39 Å². The van der Waals surface area contributed by atoms with E-state index in [0.717, 1.165) is 18.4 Å². The Morgan fingerprint density at radius 3 is 2.53 bits per heavy atom. The maximum absolute atomic E-state index is 12.9. The van der Waals surface area contributed by atoms with Gasteiger partial charge in [0, 0.05) is 11.8 Å². The van der Waals surface area contributed by atoms with Gasteiger partial charge in [0.15, 0.2) is 0 Å². The second kappa shape index (κ2) is 5.63. The Balaban J connectivity index is 2.46. The van der Waals surface area contributed by atoms with E-state index in [0.29, 0.717) is 6.42 Å². The van der Waals surface area contributed by atoms with Gasteiger partial charge in [0.25, 0.3) is 0 Å². The van der Waals surface area contributed by atoms with Crippen molar-refractivity contribution in [1.29, 1.82) is 0 Å². The van der Waals surface area contributed by atoms with E-state index in [1.54, 1.807) is 12.1 Å². The molecule has 1 aromatic carbocycles. The zero-order chi connectivity index (χ0) is 13.1. The highest BCUT2D eigenvalue weighted by Gasteiger charge is 2.20. The van der Waals surface area contributed by atoms with Crippen molar-refractivity contribution in [3.63, 3.8) is 0 Å². The number of carbonyl (C=O) groups is 1. The number of ketones is 1. The van der Waals surface area contributed by atoms with Crippen LogP contribution in [-0.4, -0.2) is 5.78 Å². The molecule has 0 atom stereocenters. The van der Waals surface area contributed by atoms with Gasteiger partial charge in [0.05, 0.1) is 5.02 Å². The van der Waals surface area contributed by atoms with Gasteiger partial charge in [-0.05, 0) is 30.5 Å². The highest BCUT2D eigenvalue weighted by Crippen LogP contribution is 2.20. The van der Waals surface area contributed by atoms with Gasteiger partial charge < -0.3 is 0 Å². The van der Waals surface area contributed by atoms with E-state index < -0.39 is 5.82 Å². The molecule has 0 spiro atoms. The second-order valence-corrected chi connectivity index (χ2v) is 5.68. The number of aryl methyl sites for hydroxylation is 1. The molecule has 1 rings (SSSR count). The molecule has 3 heteroatoms. The molecule has 94 valence electrons. The number of hydrogen-bond donors (Lipinski definition) is 0. The molecule has 0 aliphatic rings. The van der Waals surface area contributed by atoms with Crippen molar-refractivity contribution in [1.82, 2.24) is 0 Å². The Hall–Kier alpha value is -0.890. The van der Waals surface area contributed by atoms with Gasteiger partial charge >= 0.3 is 0 Å². The number of rotatable bonds is 4. The molecule has 0 aliphatic heterocycles. The predicted octanol–water partition coefficient (Wildman–Crippen LogP) is 4.42. The zero-order valence-electron chi connectivity index (χ0n) is 10.5. The third-order valence-corrected chi connectivity index (χ3v) is 2.98. The van der Waals surface area contributed by atoms with E-state index in [-0.39, 0.29) is 16.2 Å². The van der Waals surface area contributed by atoms with Crippen LogP contribution in [0.3, 0.4) is 0 Å². The Kier molecular flexibility index (Phi) is 4.70. The smallest absolute Gasteiger partial charge is 0.141 e. The third kappa shape index (κ3) is 4.47. The fraction of sp³-hybridized carbons (Fsp3) is 0.500. The highest BCUT2D eigenvalue weighted by atomic mass is 35.5. The summed E-state index contributed by atoms with van der Waals surface area (Å²) in [5, 5.41) is 0.143. The molecular weight excluding hydrogens is 239 g/mol. The highest BCUT2D eigenvalue weighted by molar-refractivity contribution is 6.30. The Labute approximate surface area is 107 Å². The van der Waals surface area contributed by atoms with Crippen LogP contribution in [0.2, 0.25) is 5.02 Å². The van der Waals surface area contributed by atoms with Crippen LogP contribution in [-0.2, 0) is 11.2 Å². The van der Waals surface area contributed by atoms with Crippen molar-refractivity contribution in [3.05, 3.63) is 34.6 Å². The molecule has 0 N–H and O–H groups in total. The first-order valence-corrected chi connectivity index (χ1v) is 6.16. The molecule has 0 saturated carbocycles. The quantitative estimate of drug-likeness (QED) is 0.780. The number of hydrogen-bond acceptors (Lipinski definition) is 1. The summed E-state index contributed by atoms with van der Waals surface area (Å²) in [6.45, 7) is 5.76. The fourth-order valence-electron chi connectivity index (χ4n) is 1.52. The lowest BCUT2D eigenvalue weighted by molar-refractivity contribution is -0.126. The van der Waals surface area contributed by atoms with Crippen LogP contribution in [0.5, 0.6) is 0 Å². The van der Waals surface area contributed by atoms with E-state index in [2.05, 4.69) is 0 Å². The van der Waals surface area contributed by atoms with Gasteiger partial charge in [-0.1, -0.05) is 38.4 Å². The minimum atomic E-state index is -0.402. The molecule has 0 aromatic heterocycles. The zero-order valence-corrected chi connectivity index (χ0v) is 11.3. The van der Waals surface area contributed by atoms with Crippen LogP contribution >= 0.6 is 11.6 Å². The predicted molar refractivity (Wildman–Crippen MR) is 68.8 cm³/mol. The van der Waals surface area contributed by atoms with Crippen molar-refractivity contribution in [2.45, 2.75) is 40.0 Å². The fourth-order valence-corrected chi connectivity index (χ4v) is 1.73. The summed E-state index contributed by atoms with van der Waals surface area (Å²) in [5.41, 5.74) is 0.693. The Morgan fingerprint density at radius 1 is 1.35 bits per heavy atom. The van der Waals surface area contributed by atoms with Crippen molar-refractivity contribution in [2.75, 3.05) is 0 Å². The molecule has 0 fully saturated rings. The van der Waals surface area contributed by atoms with Crippen molar-refractivity contribution < 1.29 is 9.18 Å². The van der Waals surface area contributed by atoms with Crippen LogP contribution in [0.15, 0.2) is 18.2 Å². The van der Waals surface area contributed by atoms with Crippen molar-refractivity contribution >= 4 is 17.4 Å². The van der Waals surface area contributed by atoms with Gasteiger partial charge in [-0.3, -0.25) is 4.79 Å². The van der Waals surface area contributed by atoms with E-state index in [9.17, 15) is 9.18 Å². The van der Waals surface area contributed by atoms with E-state index in [1.165, 1.54) is 6.07 Å². The number of benzene rings is 1. The summed E-state index contributed by atoms with van der Waals surface area (Å²) in [7, 11) is 0. The molecule has 0 amide bonds. The molecule has 0 saturated heterocycles. The molecule has 1 aromatic rings. The van der Waals surface area contributed by atoms with Crippen LogP contribution in [0, 0.1) is 11.2 Å². The van der Waals surface area contributed by atoms with Crippen molar-refractivity contribution in [2.24, 2.45) is 5.41 Å². The third-order valence-electron chi connectivity index (χ3n) is 2.69. The summed E-state index contributed by atoms with van der Waals surface area (Å²) < 4.78 is 12.9. The van der Waals surface area contributed by atoms with Crippen LogP contribution in [0.1, 0.15) is 39.2 Å². The second-order valence-electron chi connectivity index (χ2n) is 5.28. The number of halogens is 2. The summed E-state index contributed by atoms with van der Waals surface area (Å²) in [6, 6.07) is 4.70. The Bertz CT molecular complexity index is 407. The molecule has 0 radical (unpaired) electrons. The summed E-state index contributed by atoms with van der Waals surface area (Å²) in [4.78, 5) is 11.7. The molecule has 17 heavy (non-hydrogen) atoms. The van der Waals surface area contributed by atoms with Gasteiger partial charge in [0.2, 0.25) is 0 Å². The molecule has 1 nitrogen and oxygen atoms in total. The summed E-state index contributed by atoms with van der Waals surface area (Å²) in [5.74, 6) is -0.146. The summed E-state index contributed by atoms with van der Waals surface area (Å²) in [6.07, 6.45) is 2.08. The largest absolute Gasteiger partial charge is 0.299 e. The lowest BCUT2D eigenvalue weighted by Crippen LogP contribution is -2.19. The molecule has 0 heterocycles. The van der Waals surface area contributed by atoms with Crippen LogP contribution < -0.4 is 0 Å². The minimum Gasteiger partial charge on any atom is -0.299 e. The topological polar surface area (TPSA) is 17.1 Å². The molecule has 0 bridgehead atoms. The maximum atomic E-state index is 12.9. The van der Waals surface area contributed by atoms with Crippen LogP contribution in [0.4, 0.5) is 4.39 Å². The average Bonchev–Trinajstić information content (AvgIpc) is 2.22. The normalized spacial score (nSPS) is 11.6. The first-order chi connectivity index (χ1) is 7.80. The first kappa shape index (κ1) is 14.2. The lowest BCUT2D eigenvalue weighted by atomic mass is 9.87.